The molecule has 102 valence electrons. The van der Waals surface area contributed by atoms with Gasteiger partial charge in [-0.15, -0.1) is 11.3 Å². The Labute approximate surface area is 112 Å². The fourth-order valence-electron chi connectivity index (χ4n) is 1.98. The Hall–Kier alpha value is -0.500. The standard InChI is InChI=1S/C11H18N2O3S2/c1-8(11-6-17-9(2)12-11)13-18(14,15)7-10-4-3-5-16-10/h6,8,10,13H,3-5,7H2,1-2H3. The molecule has 5 nitrogen and oxygen atoms in total. The average molecular weight is 290 g/mol. The van der Waals surface area contributed by atoms with Gasteiger partial charge in [0.1, 0.15) is 0 Å². The largest absolute Gasteiger partial charge is 0.377 e. The Morgan fingerprint density at radius 3 is 3.00 bits per heavy atom. The number of thiazole rings is 1. The molecule has 0 aromatic carbocycles. The molecule has 1 aliphatic heterocycles. The van der Waals surface area contributed by atoms with Crippen molar-refractivity contribution < 1.29 is 13.2 Å². The fourth-order valence-corrected chi connectivity index (χ4v) is 4.19. The predicted octanol–water partition coefficient (Wildman–Crippen LogP) is 1.61. The van der Waals surface area contributed by atoms with E-state index in [1.54, 1.807) is 0 Å². The lowest BCUT2D eigenvalue weighted by atomic mass is 10.3. The van der Waals surface area contributed by atoms with Crippen molar-refractivity contribution in [2.45, 2.75) is 38.8 Å². The third kappa shape index (κ3) is 3.74. The van der Waals surface area contributed by atoms with Gasteiger partial charge in [-0.2, -0.15) is 0 Å². The predicted molar refractivity (Wildman–Crippen MR) is 71.2 cm³/mol. The number of aromatic nitrogens is 1. The molecule has 2 rings (SSSR count). The van der Waals surface area contributed by atoms with Crippen molar-refractivity contribution in [2.24, 2.45) is 0 Å². The number of hydrogen-bond acceptors (Lipinski definition) is 5. The summed E-state index contributed by atoms with van der Waals surface area (Å²) in [6.07, 6.45) is 1.61. The maximum atomic E-state index is 12.0. The van der Waals surface area contributed by atoms with Crippen LogP contribution in [0.3, 0.4) is 0 Å². The summed E-state index contributed by atoms with van der Waals surface area (Å²) in [5, 5.41) is 2.82. The molecule has 2 atom stereocenters. The molecule has 1 saturated heterocycles. The summed E-state index contributed by atoms with van der Waals surface area (Å²) in [5.74, 6) is 0.0421. The molecule has 1 aromatic rings. The number of sulfonamides is 1. The third-order valence-corrected chi connectivity index (χ3v) is 5.18. The van der Waals surface area contributed by atoms with E-state index in [-0.39, 0.29) is 17.9 Å². The Morgan fingerprint density at radius 2 is 2.44 bits per heavy atom. The SMILES string of the molecule is Cc1nc(C(C)NS(=O)(=O)CC2CCCO2)cs1. The van der Waals surface area contributed by atoms with E-state index in [1.165, 1.54) is 11.3 Å². The summed E-state index contributed by atoms with van der Waals surface area (Å²) in [6, 6.07) is -0.290. The van der Waals surface area contributed by atoms with Gasteiger partial charge in [-0.3, -0.25) is 0 Å². The van der Waals surface area contributed by atoms with Crippen LogP contribution in [-0.4, -0.2) is 31.9 Å². The van der Waals surface area contributed by atoms with Gasteiger partial charge in [0, 0.05) is 12.0 Å². The van der Waals surface area contributed by atoms with Crippen molar-refractivity contribution in [1.29, 1.82) is 0 Å². The minimum Gasteiger partial charge on any atom is -0.377 e. The number of hydrogen-bond donors (Lipinski definition) is 1. The van der Waals surface area contributed by atoms with Gasteiger partial charge in [0.2, 0.25) is 10.0 Å². The molecule has 0 aliphatic carbocycles. The zero-order valence-corrected chi connectivity index (χ0v) is 12.2. The summed E-state index contributed by atoms with van der Waals surface area (Å²) < 4.78 is 31.9. The molecule has 0 spiro atoms. The highest BCUT2D eigenvalue weighted by Gasteiger charge is 2.25. The van der Waals surface area contributed by atoms with Crippen LogP contribution in [0.2, 0.25) is 0 Å². The monoisotopic (exact) mass is 290 g/mol. The third-order valence-electron chi connectivity index (χ3n) is 2.87. The molecule has 2 heterocycles. The summed E-state index contributed by atoms with van der Waals surface area (Å²) in [4.78, 5) is 4.29. The lowest BCUT2D eigenvalue weighted by Crippen LogP contribution is -2.33. The van der Waals surface area contributed by atoms with E-state index in [2.05, 4.69) is 9.71 Å². The number of aryl methyl sites for hydroxylation is 1. The molecule has 18 heavy (non-hydrogen) atoms. The summed E-state index contributed by atoms with van der Waals surface area (Å²) in [6.45, 7) is 4.38. The van der Waals surface area contributed by atoms with Crippen molar-refractivity contribution in [3.63, 3.8) is 0 Å². The van der Waals surface area contributed by atoms with E-state index in [0.717, 1.165) is 23.5 Å². The van der Waals surface area contributed by atoms with Crippen LogP contribution in [0.5, 0.6) is 0 Å². The van der Waals surface area contributed by atoms with E-state index in [0.29, 0.717) is 6.61 Å². The fraction of sp³-hybridized carbons (Fsp3) is 0.727. The number of rotatable bonds is 5. The second kappa shape index (κ2) is 5.64. The molecular weight excluding hydrogens is 272 g/mol. The highest BCUT2D eigenvalue weighted by Crippen LogP contribution is 2.18. The van der Waals surface area contributed by atoms with Crippen LogP contribution in [0.25, 0.3) is 0 Å². The van der Waals surface area contributed by atoms with E-state index in [1.807, 2.05) is 19.2 Å². The van der Waals surface area contributed by atoms with Crippen LogP contribution < -0.4 is 4.72 Å². The first kappa shape index (κ1) is 13.9. The second-order valence-electron chi connectivity index (χ2n) is 4.55. The molecule has 0 amide bonds. The molecule has 0 bridgehead atoms. The summed E-state index contributed by atoms with van der Waals surface area (Å²) >= 11 is 1.52. The normalized spacial score (nSPS) is 22.2. The molecule has 1 aromatic heterocycles. The molecule has 1 N–H and O–H groups in total. The summed E-state index contributed by atoms with van der Waals surface area (Å²) in [5.41, 5.74) is 0.772. The first-order valence-corrected chi connectivity index (χ1v) is 8.53. The molecular formula is C11H18N2O3S2. The van der Waals surface area contributed by atoms with Crippen LogP contribution in [0.1, 0.15) is 36.5 Å². The maximum absolute atomic E-state index is 12.0. The highest BCUT2D eigenvalue weighted by molar-refractivity contribution is 7.89. The van der Waals surface area contributed by atoms with Crippen LogP contribution in [-0.2, 0) is 14.8 Å². The Kier molecular flexibility index (Phi) is 4.37. The van der Waals surface area contributed by atoms with Gasteiger partial charge in [-0.1, -0.05) is 0 Å². The zero-order chi connectivity index (χ0) is 13.2. The van der Waals surface area contributed by atoms with Crippen molar-refractivity contribution in [3.8, 4) is 0 Å². The maximum Gasteiger partial charge on any atom is 0.214 e. The van der Waals surface area contributed by atoms with E-state index < -0.39 is 10.0 Å². The molecule has 2 unspecified atom stereocenters. The van der Waals surface area contributed by atoms with Gasteiger partial charge in [0.15, 0.2) is 0 Å². The van der Waals surface area contributed by atoms with Crippen molar-refractivity contribution in [2.75, 3.05) is 12.4 Å². The van der Waals surface area contributed by atoms with Gasteiger partial charge in [-0.25, -0.2) is 18.1 Å². The van der Waals surface area contributed by atoms with E-state index in [4.69, 9.17) is 4.74 Å². The van der Waals surface area contributed by atoms with Crippen molar-refractivity contribution in [3.05, 3.63) is 16.1 Å². The van der Waals surface area contributed by atoms with Gasteiger partial charge in [-0.05, 0) is 26.7 Å². The van der Waals surface area contributed by atoms with Gasteiger partial charge >= 0.3 is 0 Å². The van der Waals surface area contributed by atoms with E-state index >= 15 is 0 Å². The minimum absolute atomic E-state index is 0.0421. The first-order valence-electron chi connectivity index (χ1n) is 6.00. The first-order chi connectivity index (χ1) is 8.46. The van der Waals surface area contributed by atoms with Gasteiger partial charge in [0.05, 0.1) is 28.6 Å². The number of nitrogens with one attached hydrogen (secondary N) is 1. The van der Waals surface area contributed by atoms with Crippen LogP contribution in [0, 0.1) is 6.92 Å². The minimum atomic E-state index is -3.31. The lowest BCUT2D eigenvalue weighted by Gasteiger charge is -2.14. The van der Waals surface area contributed by atoms with Gasteiger partial charge in [0.25, 0.3) is 0 Å². The smallest absolute Gasteiger partial charge is 0.214 e. The lowest BCUT2D eigenvalue weighted by molar-refractivity contribution is 0.127. The van der Waals surface area contributed by atoms with Crippen molar-refractivity contribution in [1.82, 2.24) is 9.71 Å². The second-order valence-corrected chi connectivity index (χ2v) is 7.41. The van der Waals surface area contributed by atoms with Gasteiger partial charge < -0.3 is 4.74 Å². The molecule has 1 aliphatic rings. The van der Waals surface area contributed by atoms with Crippen LogP contribution in [0.4, 0.5) is 0 Å². The Balaban J connectivity index is 1.94. The number of ether oxygens (including phenoxy) is 1. The molecule has 0 radical (unpaired) electrons. The van der Waals surface area contributed by atoms with Crippen LogP contribution >= 0.6 is 11.3 Å². The molecule has 1 fully saturated rings. The molecule has 7 heteroatoms. The Bertz CT molecular complexity index is 492. The average Bonchev–Trinajstić information content (AvgIpc) is 2.87. The quantitative estimate of drug-likeness (QED) is 0.894. The molecule has 0 saturated carbocycles. The topological polar surface area (TPSA) is 68.3 Å². The summed E-state index contributed by atoms with van der Waals surface area (Å²) in [7, 11) is -3.31. The zero-order valence-electron chi connectivity index (χ0n) is 10.5. The van der Waals surface area contributed by atoms with Crippen LogP contribution in [0.15, 0.2) is 5.38 Å². The Morgan fingerprint density at radius 1 is 1.67 bits per heavy atom. The highest BCUT2D eigenvalue weighted by atomic mass is 32.2. The number of nitrogens with zero attached hydrogens (tertiary/aromatic N) is 1. The van der Waals surface area contributed by atoms with E-state index in [9.17, 15) is 8.42 Å². The van der Waals surface area contributed by atoms with Crippen molar-refractivity contribution >= 4 is 21.4 Å².